The van der Waals surface area contributed by atoms with Gasteiger partial charge in [-0.3, -0.25) is 14.6 Å². The van der Waals surface area contributed by atoms with Gasteiger partial charge in [-0.2, -0.15) is 0 Å². The number of piperidine rings is 1. The molecule has 3 aromatic heterocycles. The van der Waals surface area contributed by atoms with Gasteiger partial charge in [-0.05, 0) is 50.1 Å². The van der Waals surface area contributed by atoms with Crippen LogP contribution in [0.4, 0.5) is 0 Å². The Hall–Kier alpha value is -3.52. The number of rotatable bonds is 5. The summed E-state index contributed by atoms with van der Waals surface area (Å²) in [5.74, 6) is 0.153. The lowest BCUT2D eigenvalue weighted by atomic mass is 9.90. The predicted octanol–water partition coefficient (Wildman–Crippen LogP) is 4.12. The first kappa shape index (κ1) is 21.3. The van der Waals surface area contributed by atoms with Gasteiger partial charge in [-0.1, -0.05) is 29.5 Å². The molecule has 4 aromatic rings. The number of hydrogen-bond acceptors (Lipinski definition) is 7. The van der Waals surface area contributed by atoms with Crippen molar-refractivity contribution in [1.29, 1.82) is 0 Å². The Morgan fingerprint density at radius 3 is 2.58 bits per heavy atom. The molecular weight excluding hydrogens is 434 g/mol. The maximum atomic E-state index is 13.0. The van der Waals surface area contributed by atoms with Crippen LogP contribution in [-0.2, 0) is 11.2 Å². The highest BCUT2D eigenvalue weighted by Crippen LogP contribution is 2.25. The van der Waals surface area contributed by atoms with Crippen molar-refractivity contribution < 1.29 is 9.59 Å². The number of hydrogen-bond donors (Lipinski definition) is 0. The lowest BCUT2D eigenvalue weighted by Crippen LogP contribution is -2.40. The molecule has 1 saturated heterocycles. The second-order valence-electron chi connectivity index (χ2n) is 8.27. The highest BCUT2D eigenvalue weighted by atomic mass is 32.1. The number of aromatic nitrogens is 4. The maximum absolute atomic E-state index is 13.0. The second-order valence-corrected chi connectivity index (χ2v) is 9.45. The molecule has 33 heavy (non-hydrogen) atoms. The fourth-order valence-corrected chi connectivity index (χ4v) is 4.83. The summed E-state index contributed by atoms with van der Waals surface area (Å²) in [6.07, 6.45) is 3.41. The van der Waals surface area contributed by atoms with E-state index in [9.17, 15) is 9.59 Å². The van der Waals surface area contributed by atoms with Crippen molar-refractivity contribution in [2.45, 2.75) is 26.2 Å². The van der Waals surface area contributed by atoms with Gasteiger partial charge in [0.1, 0.15) is 16.5 Å². The third-order valence-electron chi connectivity index (χ3n) is 5.99. The number of likely N-dealkylation sites (tertiary alicyclic amines) is 1. The standard InChI is InChI=1S/C25H23N5O2S/c1-16-28-29-24(33-16)21-8-7-19-15-26-20(13-22(19)27-21)14-23(31)17-9-11-30(12-10-17)25(32)18-5-3-2-4-6-18/h2-8,13,15,17H,9-12,14H2,1H3. The van der Waals surface area contributed by atoms with Crippen molar-refractivity contribution in [3.8, 4) is 10.7 Å². The van der Waals surface area contributed by atoms with Gasteiger partial charge in [0.05, 0.1) is 5.52 Å². The van der Waals surface area contributed by atoms with E-state index in [0.717, 1.165) is 26.6 Å². The number of Topliss-reactive ketones (excluding diaryl/α,β-unsaturated/α-hetero) is 1. The zero-order valence-corrected chi connectivity index (χ0v) is 19.1. The lowest BCUT2D eigenvalue weighted by molar-refractivity contribution is -0.123. The smallest absolute Gasteiger partial charge is 0.253 e. The van der Waals surface area contributed by atoms with E-state index in [0.29, 0.717) is 37.2 Å². The van der Waals surface area contributed by atoms with Crippen LogP contribution in [0.1, 0.15) is 33.9 Å². The Bertz CT molecular complexity index is 1310. The van der Waals surface area contributed by atoms with Crippen LogP contribution in [0.2, 0.25) is 0 Å². The summed E-state index contributed by atoms with van der Waals surface area (Å²) in [5.41, 5.74) is 2.97. The van der Waals surface area contributed by atoms with Crippen LogP contribution in [-0.4, -0.2) is 49.8 Å². The molecule has 0 aliphatic carbocycles. The number of fused-ring (bicyclic) bond motifs is 1. The molecule has 0 radical (unpaired) electrons. The van der Waals surface area contributed by atoms with E-state index in [1.54, 1.807) is 6.20 Å². The van der Waals surface area contributed by atoms with Crippen LogP contribution in [0.15, 0.2) is 54.7 Å². The Kier molecular flexibility index (Phi) is 5.92. The van der Waals surface area contributed by atoms with E-state index in [-0.39, 0.29) is 24.0 Å². The zero-order chi connectivity index (χ0) is 22.8. The number of nitrogens with zero attached hydrogens (tertiary/aromatic N) is 5. The minimum atomic E-state index is -0.0500. The first-order valence-electron chi connectivity index (χ1n) is 11.0. The van der Waals surface area contributed by atoms with Crippen LogP contribution >= 0.6 is 11.3 Å². The van der Waals surface area contributed by atoms with Crippen LogP contribution in [0.3, 0.4) is 0 Å². The molecule has 0 spiro atoms. The van der Waals surface area contributed by atoms with Gasteiger partial charge in [0.25, 0.3) is 5.91 Å². The molecule has 0 N–H and O–H groups in total. The number of benzene rings is 1. The van der Waals surface area contributed by atoms with Crippen molar-refractivity contribution in [2.24, 2.45) is 5.92 Å². The number of pyridine rings is 2. The summed E-state index contributed by atoms with van der Waals surface area (Å²) in [7, 11) is 0. The number of aryl methyl sites for hydroxylation is 1. The summed E-state index contributed by atoms with van der Waals surface area (Å²) in [6.45, 7) is 3.11. The number of amides is 1. The Balaban J connectivity index is 1.24. The zero-order valence-electron chi connectivity index (χ0n) is 18.3. The molecule has 1 aliphatic heterocycles. The molecule has 1 fully saturated rings. The number of carbonyl (C=O) groups is 2. The van der Waals surface area contributed by atoms with Gasteiger partial charge in [0.15, 0.2) is 5.01 Å². The SMILES string of the molecule is Cc1nnc(-c2ccc3cnc(CC(=O)C4CCN(C(=O)c5ccccc5)CC4)cc3n2)s1. The van der Waals surface area contributed by atoms with E-state index in [4.69, 9.17) is 4.98 Å². The van der Waals surface area contributed by atoms with Crippen molar-refractivity contribution in [2.75, 3.05) is 13.1 Å². The maximum Gasteiger partial charge on any atom is 0.253 e. The molecule has 5 rings (SSSR count). The Morgan fingerprint density at radius 1 is 1.06 bits per heavy atom. The van der Waals surface area contributed by atoms with Gasteiger partial charge in [-0.25, -0.2) is 4.98 Å². The largest absolute Gasteiger partial charge is 0.339 e. The first-order valence-corrected chi connectivity index (χ1v) is 11.8. The van der Waals surface area contributed by atoms with Gasteiger partial charge < -0.3 is 4.90 Å². The van der Waals surface area contributed by atoms with E-state index in [1.807, 2.05) is 60.4 Å². The van der Waals surface area contributed by atoms with Gasteiger partial charge in [0.2, 0.25) is 0 Å². The molecule has 1 aliphatic rings. The predicted molar refractivity (Wildman–Crippen MR) is 127 cm³/mol. The molecule has 0 saturated carbocycles. The topological polar surface area (TPSA) is 88.9 Å². The molecule has 0 unspecified atom stereocenters. The molecule has 4 heterocycles. The van der Waals surface area contributed by atoms with Crippen molar-refractivity contribution >= 4 is 33.9 Å². The van der Waals surface area contributed by atoms with Crippen LogP contribution in [0, 0.1) is 12.8 Å². The van der Waals surface area contributed by atoms with Crippen molar-refractivity contribution in [3.63, 3.8) is 0 Å². The van der Waals surface area contributed by atoms with Crippen LogP contribution < -0.4 is 0 Å². The fraction of sp³-hybridized carbons (Fsp3) is 0.280. The number of carbonyl (C=O) groups excluding carboxylic acids is 2. The Labute approximate surface area is 195 Å². The van der Waals surface area contributed by atoms with Crippen LogP contribution in [0.25, 0.3) is 21.6 Å². The second kappa shape index (κ2) is 9.15. The quantitative estimate of drug-likeness (QED) is 0.448. The molecular formula is C25H23N5O2S. The molecule has 166 valence electrons. The van der Waals surface area contributed by atoms with E-state index in [1.165, 1.54) is 11.3 Å². The molecule has 0 atom stereocenters. The summed E-state index contributed by atoms with van der Waals surface area (Å²) >= 11 is 1.50. The van der Waals surface area contributed by atoms with Crippen LogP contribution in [0.5, 0.6) is 0 Å². The molecule has 1 aromatic carbocycles. The normalized spacial score (nSPS) is 14.5. The van der Waals surface area contributed by atoms with E-state index < -0.39 is 0 Å². The lowest BCUT2D eigenvalue weighted by Gasteiger charge is -2.31. The van der Waals surface area contributed by atoms with Gasteiger partial charge >= 0.3 is 0 Å². The van der Waals surface area contributed by atoms with E-state index in [2.05, 4.69) is 15.2 Å². The third-order valence-corrected chi connectivity index (χ3v) is 6.85. The summed E-state index contributed by atoms with van der Waals surface area (Å²) < 4.78 is 0. The minimum absolute atomic E-state index is 0.0326. The molecule has 0 bridgehead atoms. The molecule has 1 amide bonds. The average molecular weight is 458 g/mol. The fourth-order valence-electron chi connectivity index (χ4n) is 4.16. The summed E-state index contributed by atoms with van der Waals surface area (Å²) in [6, 6.07) is 15.1. The number of ketones is 1. The average Bonchev–Trinajstić information content (AvgIpc) is 3.30. The summed E-state index contributed by atoms with van der Waals surface area (Å²) in [4.78, 5) is 36.6. The molecule has 8 heteroatoms. The minimum Gasteiger partial charge on any atom is -0.339 e. The first-order chi connectivity index (χ1) is 16.1. The monoisotopic (exact) mass is 457 g/mol. The van der Waals surface area contributed by atoms with E-state index >= 15 is 0 Å². The highest BCUT2D eigenvalue weighted by molar-refractivity contribution is 7.14. The third kappa shape index (κ3) is 4.66. The van der Waals surface area contributed by atoms with Crippen molar-refractivity contribution in [3.05, 3.63) is 71.0 Å². The highest BCUT2D eigenvalue weighted by Gasteiger charge is 2.28. The Morgan fingerprint density at radius 2 is 1.85 bits per heavy atom. The summed E-state index contributed by atoms with van der Waals surface area (Å²) in [5, 5.41) is 10.8. The van der Waals surface area contributed by atoms with Gasteiger partial charge in [0, 0.05) is 48.3 Å². The van der Waals surface area contributed by atoms with Crippen molar-refractivity contribution in [1.82, 2.24) is 25.1 Å². The molecule has 7 nitrogen and oxygen atoms in total. The van der Waals surface area contributed by atoms with Gasteiger partial charge in [-0.15, -0.1) is 10.2 Å².